The van der Waals surface area contributed by atoms with Gasteiger partial charge in [0.1, 0.15) is 0 Å². The Labute approximate surface area is 109 Å². The van der Waals surface area contributed by atoms with Gasteiger partial charge in [-0.3, -0.25) is 4.99 Å². The van der Waals surface area contributed by atoms with Crippen LogP contribution in [0.3, 0.4) is 0 Å². The predicted molar refractivity (Wildman–Crippen MR) is 74.0 cm³/mol. The zero-order valence-electron chi connectivity index (χ0n) is 11.0. The smallest absolute Gasteiger partial charge is 0.208 e. The second kappa shape index (κ2) is 7.58. The summed E-state index contributed by atoms with van der Waals surface area (Å²) in [5, 5.41) is 3.21. The third kappa shape index (κ3) is 7.50. The molecule has 0 aromatic carbocycles. The van der Waals surface area contributed by atoms with Gasteiger partial charge in [0.2, 0.25) is 10.0 Å². The zero-order chi connectivity index (χ0) is 13.4. The van der Waals surface area contributed by atoms with E-state index in [1.54, 1.807) is 0 Å². The summed E-state index contributed by atoms with van der Waals surface area (Å²) < 4.78 is 24.0. The fourth-order valence-electron chi connectivity index (χ4n) is 2.09. The van der Waals surface area contributed by atoms with Crippen LogP contribution >= 0.6 is 0 Å². The van der Waals surface area contributed by atoms with Gasteiger partial charge >= 0.3 is 0 Å². The third-order valence-corrected chi connectivity index (χ3v) is 3.69. The number of aliphatic imine (C=N–C) groups is 1. The molecule has 0 bridgehead atoms. The summed E-state index contributed by atoms with van der Waals surface area (Å²) >= 11 is 0. The van der Waals surface area contributed by atoms with E-state index >= 15 is 0 Å². The first-order chi connectivity index (χ1) is 8.47. The molecule has 18 heavy (non-hydrogen) atoms. The number of nitrogens with two attached hydrogens (primary N) is 1. The molecule has 106 valence electrons. The van der Waals surface area contributed by atoms with Crippen molar-refractivity contribution in [1.29, 1.82) is 0 Å². The minimum absolute atomic E-state index is 0.284. The molecule has 0 heterocycles. The van der Waals surface area contributed by atoms with Crippen molar-refractivity contribution in [3.05, 3.63) is 0 Å². The van der Waals surface area contributed by atoms with Crippen molar-refractivity contribution in [2.24, 2.45) is 10.7 Å². The molecule has 0 unspecified atom stereocenters. The van der Waals surface area contributed by atoms with Crippen molar-refractivity contribution >= 4 is 16.0 Å². The maximum atomic E-state index is 10.8. The largest absolute Gasteiger partial charge is 0.370 e. The van der Waals surface area contributed by atoms with E-state index in [0.717, 1.165) is 19.1 Å². The van der Waals surface area contributed by atoms with E-state index in [1.807, 2.05) is 0 Å². The van der Waals surface area contributed by atoms with Crippen LogP contribution in [0.4, 0.5) is 0 Å². The van der Waals surface area contributed by atoms with Gasteiger partial charge in [-0.1, -0.05) is 25.7 Å². The monoisotopic (exact) mass is 276 g/mol. The molecule has 1 rings (SSSR count). The van der Waals surface area contributed by atoms with Gasteiger partial charge < -0.3 is 11.1 Å². The second-order valence-corrected chi connectivity index (χ2v) is 6.60. The van der Waals surface area contributed by atoms with Gasteiger partial charge in [-0.15, -0.1) is 0 Å². The molecule has 0 spiro atoms. The van der Waals surface area contributed by atoms with E-state index in [1.165, 1.54) is 25.7 Å². The highest BCUT2D eigenvalue weighted by Gasteiger charge is 2.12. The second-order valence-electron chi connectivity index (χ2n) is 4.77. The van der Waals surface area contributed by atoms with Crippen molar-refractivity contribution in [3.63, 3.8) is 0 Å². The molecule has 0 aliphatic heterocycles. The Morgan fingerprint density at radius 2 is 1.89 bits per heavy atom. The fourth-order valence-corrected chi connectivity index (χ4v) is 2.55. The summed E-state index contributed by atoms with van der Waals surface area (Å²) in [6.07, 6.45) is 8.47. The maximum absolute atomic E-state index is 10.8. The number of sulfonamides is 1. The molecule has 7 heteroatoms. The number of nitrogens with one attached hydrogen (secondary N) is 2. The molecule has 6 nitrogen and oxygen atoms in total. The van der Waals surface area contributed by atoms with Gasteiger partial charge in [-0.05, 0) is 12.8 Å². The fraction of sp³-hybridized carbons (Fsp3) is 0.909. The molecule has 1 saturated carbocycles. The molecule has 0 aromatic heterocycles. The van der Waals surface area contributed by atoms with Crippen LogP contribution in [0.2, 0.25) is 0 Å². The Bertz CT molecular complexity index is 359. The van der Waals surface area contributed by atoms with Crippen LogP contribution in [0.5, 0.6) is 0 Å². The first-order valence-electron chi connectivity index (χ1n) is 6.48. The highest BCUT2D eigenvalue weighted by Crippen LogP contribution is 2.16. The van der Waals surface area contributed by atoms with Crippen molar-refractivity contribution < 1.29 is 8.42 Å². The molecule has 1 fully saturated rings. The van der Waals surface area contributed by atoms with Crippen LogP contribution in [0.1, 0.15) is 38.5 Å². The molecule has 0 saturated heterocycles. The lowest BCUT2D eigenvalue weighted by atomic mass is 10.1. The molecule has 1 aliphatic rings. The number of nitrogens with zero attached hydrogens (tertiary/aromatic N) is 1. The van der Waals surface area contributed by atoms with E-state index in [-0.39, 0.29) is 6.54 Å². The van der Waals surface area contributed by atoms with Gasteiger partial charge in [0.15, 0.2) is 5.96 Å². The highest BCUT2D eigenvalue weighted by molar-refractivity contribution is 7.88. The predicted octanol–water partition coefficient (Wildman–Crippen LogP) is 0.163. The number of hydrogen-bond acceptors (Lipinski definition) is 3. The Morgan fingerprint density at radius 1 is 1.28 bits per heavy atom. The lowest BCUT2D eigenvalue weighted by Crippen LogP contribution is -2.40. The quantitative estimate of drug-likeness (QED) is 0.288. The van der Waals surface area contributed by atoms with E-state index in [0.29, 0.717) is 18.5 Å². The SMILES string of the molecule is CS(=O)(=O)NCCN=C(N)NC1CCCCCC1. The standard InChI is InChI=1S/C11H24N4O2S/c1-18(16,17)14-9-8-13-11(12)15-10-6-4-2-3-5-7-10/h10,14H,2-9H2,1H3,(H3,12,13,15). The maximum Gasteiger partial charge on any atom is 0.208 e. The van der Waals surface area contributed by atoms with Crippen LogP contribution in [0.15, 0.2) is 4.99 Å². The van der Waals surface area contributed by atoms with Crippen LogP contribution < -0.4 is 15.8 Å². The number of hydrogen-bond donors (Lipinski definition) is 3. The Balaban J connectivity index is 2.24. The van der Waals surface area contributed by atoms with Gasteiger partial charge in [-0.25, -0.2) is 13.1 Å². The normalized spacial score (nSPS) is 19.5. The minimum atomic E-state index is -3.13. The van der Waals surface area contributed by atoms with Crippen LogP contribution in [0.25, 0.3) is 0 Å². The van der Waals surface area contributed by atoms with Crippen LogP contribution in [0, 0.1) is 0 Å². The molecule has 0 amide bonds. The van der Waals surface area contributed by atoms with E-state index in [2.05, 4.69) is 15.0 Å². The summed E-state index contributed by atoms with van der Waals surface area (Å²) in [4.78, 5) is 4.11. The van der Waals surface area contributed by atoms with Crippen molar-refractivity contribution in [3.8, 4) is 0 Å². The average Bonchev–Trinajstić information content (AvgIpc) is 2.52. The first-order valence-corrected chi connectivity index (χ1v) is 8.37. The summed E-state index contributed by atoms with van der Waals surface area (Å²) in [7, 11) is -3.13. The molecule has 0 aromatic rings. The molecular weight excluding hydrogens is 252 g/mol. The van der Waals surface area contributed by atoms with Crippen molar-refractivity contribution in [2.75, 3.05) is 19.3 Å². The zero-order valence-corrected chi connectivity index (χ0v) is 11.8. The summed E-state index contributed by atoms with van der Waals surface area (Å²) in [6.45, 7) is 0.643. The number of rotatable bonds is 5. The lowest BCUT2D eigenvalue weighted by Gasteiger charge is -2.16. The minimum Gasteiger partial charge on any atom is -0.370 e. The lowest BCUT2D eigenvalue weighted by molar-refractivity contribution is 0.530. The molecule has 4 N–H and O–H groups in total. The summed E-state index contributed by atoms with van der Waals surface area (Å²) in [5.74, 6) is 0.414. The molecular formula is C11H24N4O2S. The van der Waals surface area contributed by atoms with E-state index in [4.69, 9.17) is 5.73 Å². The molecule has 1 aliphatic carbocycles. The Kier molecular flexibility index (Phi) is 6.42. The average molecular weight is 276 g/mol. The van der Waals surface area contributed by atoms with E-state index in [9.17, 15) is 8.42 Å². The van der Waals surface area contributed by atoms with Crippen LogP contribution in [-0.2, 0) is 10.0 Å². The van der Waals surface area contributed by atoms with Gasteiger partial charge in [0.05, 0.1) is 12.8 Å². The molecule has 0 radical (unpaired) electrons. The highest BCUT2D eigenvalue weighted by atomic mass is 32.2. The summed E-state index contributed by atoms with van der Waals surface area (Å²) in [5.41, 5.74) is 5.77. The number of guanidine groups is 1. The van der Waals surface area contributed by atoms with Crippen molar-refractivity contribution in [1.82, 2.24) is 10.0 Å². The third-order valence-electron chi connectivity index (χ3n) is 2.97. The Hall–Kier alpha value is -0.820. The molecule has 0 atom stereocenters. The van der Waals surface area contributed by atoms with Gasteiger partial charge in [0.25, 0.3) is 0 Å². The van der Waals surface area contributed by atoms with E-state index < -0.39 is 10.0 Å². The van der Waals surface area contributed by atoms with Crippen molar-refractivity contribution in [2.45, 2.75) is 44.6 Å². The van der Waals surface area contributed by atoms with Gasteiger partial charge in [-0.2, -0.15) is 0 Å². The Morgan fingerprint density at radius 3 is 2.44 bits per heavy atom. The first kappa shape index (κ1) is 15.2. The van der Waals surface area contributed by atoms with Crippen LogP contribution in [-0.4, -0.2) is 39.8 Å². The van der Waals surface area contributed by atoms with Gasteiger partial charge in [0, 0.05) is 12.6 Å². The topological polar surface area (TPSA) is 96.6 Å². The summed E-state index contributed by atoms with van der Waals surface area (Å²) in [6, 6.07) is 0.416.